The standard InChI is InChI=1S/C14H18N2/c1-11(2)9-15-10-13-8-7-12-5-3-4-6-14(12)16-13/h3-8,11,15H,9-10H2,1-2H3. The number of nitrogens with one attached hydrogen (secondary N) is 1. The highest BCUT2D eigenvalue weighted by molar-refractivity contribution is 5.78. The summed E-state index contributed by atoms with van der Waals surface area (Å²) in [7, 11) is 0. The van der Waals surface area contributed by atoms with Gasteiger partial charge in [-0.1, -0.05) is 38.1 Å². The van der Waals surface area contributed by atoms with E-state index in [0.29, 0.717) is 5.92 Å². The summed E-state index contributed by atoms with van der Waals surface area (Å²) in [5.74, 6) is 0.681. The highest BCUT2D eigenvalue weighted by Crippen LogP contribution is 2.11. The van der Waals surface area contributed by atoms with Crippen LogP contribution >= 0.6 is 0 Å². The molecule has 0 aliphatic rings. The first kappa shape index (κ1) is 11.1. The van der Waals surface area contributed by atoms with E-state index < -0.39 is 0 Å². The van der Waals surface area contributed by atoms with E-state index in [2.05, 4.69) is 48.4 Å². The van der Waals surface area contributed by atoms with Crippen molar-refractivity contribution in [1.82, 2.24) is 10.3 Å². The first-order chi connectivity index (χ1) is 7.75. The Balaban J connectivity index is 2.08. The van der Waals surface area contributed by atoms with Crippen LogP contribution in [0.4, 0.5) is 0 Å². The maximum Gasteiger partial charge on any atom is 0.0705 e. The van der Waals surface area contributed by atoms with Crippen LogP contribution in [0.1, 0.15) is 19.5 Å². The normalized spacial score (nSPS) is 11.2. The molecule has 16 heavy (non-hydrogen) atoms. The number of para-hydroxylation sites is 1. The van der Waals surface area contributed by atoms with Crippen molar-refractivity contribution in [3.05, 3.63) is 42.1 Å². The molecule has 0 bridgehead atoms. The van der Waals surface area contributed by atoms with Crippen LogP contribution in [0.15, 0.2) is 36.4 Å². The highest BCUT2D eigenvalue weighted by atomic mass is 14.9. The molecule has 0 aliphatic heterocycles. The third kappa shape index (κ3) is 2.80. The number of benzene rings is 1. The summed E-state index contributed by atoms with van der Waals surface area (Å²) in [6.45, 7) is 6.30. The molecule has 0 unspecified atom stereocenters. The lowest BCUT2D eigenvalue weighted by atomic mass is 10.2. The van der Waals surface area contributed by atoms with Gasteiger partial charge in [-0.05, 0) is 24.6 Å². The Kier molecular flexibility index (Phi) is 3.52. The van der Waals surface area contributed by atoms with Gasteiger partial charge < -0.3 is 5.32 Å². The van der Waals surface area contributed by atoms with Crippen molar-refractivity contribution in [2.45, 2.75) is 20.4 Å². The van der Waals surface area contributed by atoms with Crippen molar-refractivity contribution in [2.75, 3.05) is 6.54 Å². The van der Waals surface area contributed by atoms with Crippen molar-refractivity contribution in [1.29, 1.82) is 0 Å². The van der Waals surface area contributed by atoms with Gasteiger partial charge >= 0.3 is 0 Å². The second-order valence-electron chi connectivity index (χ2n) is 4.52. The largest absolute Gasteiger partial charge is 0.311 e. The first-order valence-corrected chi connectivity index (χ1v) is 5.81. The molecule has 2 aromatic rings. The van der Waals surface area contributed by atoms with Gasteiger partial charge in [0.15, 0.2) is 0 Å². The molecular formula is C14H18N2. The van der Waals surface area contributed by atoms with Crippen LogP contribution in [-0.4, -0.2) is 11.5 Å². The number of hydrogen-bond acceptors (Lipinski definition) is 2. The van der Waals surface area contributed by atoms with Crippen molar-refractivity contribution in [2.24, 2.45) is 5.92 Å². The lowest BCUT2D eigenvalue weighted by Gasteiger charge is -2.07. The molecule has 0 atom stereocenters. The van der Waals surface area contributed by atoms with Crippen molar-refractivity contribution in [3.63, 3.8) is 0 Å². The minimum absolute atomic E-state index is 0.681. The summed E-state index contributed by atoms with van der Waals surface area (Å²) in [6.07, 6.45) is 0. The van der Waals surface area contributed by atoms with E-state index in [1.54, 1.807) is 0 Å². The van der Waals surface area contributed by atoms with Gasteiger partial charge in [-0.3, -0.25) is 4.98 Å². The molecule has 0 radical (unpaired) electrons. The molecule has 0 saturated carbocycles. The Morgan fingerprint density at radius 1 is 1.12 bits per heavy atom. The number of aromatic nitrogens is 1. The van der Waals surface area contributed by atoms with E-state index >= 15 is 0 Å². The fraction of sp³-hybridized carbons (Fsp3) is 0.357. The quantitative estimate of drug-likeness (QED) is 0.846. The minimum Gasteiger partial charge on any atom is -0.311 e. The third-order valence-corrected chi connectivity index (χ3v) is 2.51. The van der Waals surface area contributed by atoms with E-state index in [9.17, 15) is 0 Å². The highest BCUT2D eigenvalue weighted by Gasteiger charge is 1.98. The van der Waals surface area contributed by atoms with E-state index in [1.165, 1.54) is 5.39 Å². The van der Waals surface area contributed by atoms with Gasteiger partial charge in [0, 0.05) is 11.9 Å². The average molecular weight is 214 g/mol. The summed E-state index contributed by atoms with van der Waals surface area (Å²) in [5.41, 5.74) is 2.19. The van der Waals surface area contributed by atoms with Crippen LogP contribution in [-0.2, 0) is 6.54 Å². The third-order valence-electron chi connectivity index (χ3n) is 2.51. The lowest BCUT2D eigenvalue weighted by molar-refractivity contribution is 0.549. The van der Waals surface area contributed by atoms with Crippen LogP contribution < -0.4 is 5.32 Å². The molecule has 84 valence electrons. The van der Waals surface area contributed by atoms with Gasteiger partial charge in [0.25, 0.3) is 0 Å². The van der Waals surface area contributed by atoms with Gasteiger partial charge in [-0.15, -0.1) is 0 Å². The van der Waals surface area contributed by atoms with E-state index in [0.717, 1.165) is 24.3 Å². The van der Waals surface area contributed by atoms with Gasteiger partial charge in [-0.25, -0.2) is 0 Å². The first-order valence-electron chi connectivity index (χ1n) is 5.81. The predicted molar refractivity (Wildman–Crippen MR) is 68.3 cm³/mol. The SMILES string of the molecule is CC(C)CNCc1ccc2ccccc2n1. The zero-order valence-electron chi connectivity index (χ0n) is 9.90. The Labute approximate surface area is 96.7 Å². The van der Waals surface area contributed by atoms with Crippen LogP contribution in [0.5, 0.6) is 0 Å². The van der Waals surface area contributed by atoms with Gasteiger partial charge in [0.2, 0.25) is 0 Å². The Bertz CT molecular complexity index is 463. The van der Waals surface area contributed by atoms with Crippen molar-refractivity contribution < 1.29 is 0 Å². The van der Waals surface area contributed by atoms with Crippen LogP contribution in [0.25, 0.3) is 10.9 Å². The molecular weight excluding hydrogens is 196 g/mol. The zero-order valence-corrected chi connectivity index (χ0v) is 9.90. The molecule has 1 aromatic carbocycles. The van der Waals surface area contributed by atoms with Crippen LogP contribution in [0, 0.1) is 5.92 Å². The summed E-state index contributed by atoms with van der Waals surface area (Å²) in [6, 6.07) is 12.4. The molecule has 0 aliphatic carbocycles. The average Bonchev–Trinajstić information content (AvgIpc) is 2.28. The maximum absolute atomic E-state index is 4.61. The molecule has 1 aromatic heterocycles. The number of pyridine rings is 1. The molecule has 2 heteroatoms. The van der Waals surface area contributed by atoms with Crippen LogP contribution in [0.3, 0.4) is 0 Å². The van der Waals surface area contributed by atoms with Gasteiger partial charge in [0.1, 0.15) is 0 Å². The molecule has 0 saturated heterocycles. The Morgan fingerprint density at radius 3 is 2.75 bits per heavy atom. The Morgan fingerprint density at radius 2 is 1.94 bits per heavy atom. The van der Waals surface area contributed by atoms with E-state index in [4.69, 9.17) is 0 Å². The summed E-state index contributed by atoms with van der Waals surface area (Å²) in [4.78, 5) is 4.61. The molecule has 0 fully saturated rings. The summed E-state index contributed by atoms with van der Waals surface area (Å²) in [5, 5.41) is 4.61. The molecule has 2 rings (SSSR count). The maximum atomic E-state index is 4.61. The fourth-order valence-electron chi connectivity index (χ4n) is 1.70. The van der Waals surface area contributed by atoms with E-state index in [-0.39, 0.29) is 0 Å². The van der Waals surface area contributed by atoms with E-state index in [1.807, 2.05) is 12.1 Å². The molecule has 1 N–H and O–H groups in total. The summed E-state index contributed by atoms with van der Waals surface area (Å²) < 4.78 is 0. The number of nitrogens with zero attached hydrogens (tertiary/aromatic N) is 1. The van der Waals surface area contributed by atoms with Gasteiger partial charge in [-0.2, -0.15) is 0 Å². The minimum atomic E-state index is 0.681. The monoisotopic (exact) mass is 214 g/mol. The molecule has 0 spiro atoms. The molecule has 1 heterocycles. The number of hydrogen-bond donors (Lipinski definition) is 1. The predicted octanol–water partition coefficient (Wildman–Crippen LogP) is 2.98. The molecule has 0 amide bonds. The smallest absolute Gasteiger partial charge is 0.0705 e. The van der Waals surface area contributed by atoms with Crippen molar-refractivity contribution >= 4 is 10.9 Å². The number of rotatable bonds is 4. The Hall–Kier alpha value is -1.41. The lowest BCUT2D eigenvalue weighted by Crippen LogP contribution is -2.19. The second kappa shape index (κ2) is 5.08. The van der Waals surface area contributed by atoms with Crippen molar-refractivity contribution in [3.8, 4) is 0 Å². The second-order valence-corrected chi connectivity index (χ2v) is 4.52. The summed E-state index contributed by atoms with van der Waals surface area (Å²) >= 11 is 0. The van der Waals surface area contributed by atoms with Crippen LogP contribution in [0.2, 0.25) is 0 Å². The fourth-order valence-corrected chi connectivity index (χ4v) is 1.70. The van der Waals surface area contributed by atoms with Gasteiger partial charge in [0.05, 0.1) is 11.2 Å². The molecule has 2 nitrogen and oxygen atoms in total. The number of fused-ring (bicyclic) bond motifs is 1. The zero-order chi connectivity index (χ0) is 11.4. The topological polar surface area (TPSA) is 24.9 Å².